The Morgan fingerprint density at radius 3 is 2.83 bits per heavy atom. The fourth-order valence-electron chi connectivity index (χ4n) is 2.34. The standard InChI is InChI=1S/C17H17BrN4OS/c1-3-15-20-11(2)16(24-15)17(23)21-14-8-9-19-22(14)10-12-6-4-5-7-13(12)18/h4-9H,3,10H2,1-2H3,(H,21,23). The van der Waals surface area contributed by atoms with Crippen LogP contribution in [0.4, 0.5) is 5.82 Å². The predicted molar refractivity (Wildman–Crippen MR) is 99.7 cm³/mol. The molecular formula is C17H17BrN4OS. The van der Waals surface area contributed by atoms with Gasteiger partial charge >= 0.3 is 0 Å². The van der Waals surface area contributed by atoms with E-state index in [9.17, 15) is 4.79 Å². The van der Waals surface area contributed by atoms with Crippen molar-refractivity contribution in [3.63, 3.8) is 0 Å². The van der Waals surface area contributed by atoms with Gasteiger partial charge in [-0.15, -0.1) is 11.3 Å². The van der Waals surface area contributed by atoms with Crippen molar-refractivity contribution in [3.8, 4) is 0 Å². The molecule has 0 bridgehead atoms. The van der Waals surface area contributed by atoms with Gasteiger partial charge in [-0.25, -0.2) is 9.67 Å². The number of halogens is 1. The van der Waals surface area contributed by atoms with Crippen LogP contribution in [0.2, 0.25) is 0 Å². The van der Waals surface area contributed by atoms with Gasteiger partial charge in [0.15, 0.2) is 0 Å². The summed E-state index contributed by atoms with van der Waals surface area (Å²) in [6.45, 7) is 4.47. The van der Waals surface area contributed by atoms with Gasteiger partial charge < -0.3 is 5.32 Å². The van der Waals surface area contributed by atoms with Gasteiger partial charge in [-0.05, 0) is 25.0 Å². The topological polar surface area (TPSA) is 59.8 Å². The van der Waals surface area contributed by atoms with E-state index < -0.39 is 0 Å². The van der Waals surface area contributed by atoms with Crippen molar-refractivity contribution in [2.24, 2.45) is 0 Å². The maximum atomic E-state index is 12.5. The van der Waals surface area contributed by atoms with Crippen molar-refractivity contribution in [2.75, 3.05) is 5.32 Å². The number of rotatable bonds is 5. The molecule has 0 fully saturated rings. The maximum absolute atomic E-state index is 12.5. The number of carbonyl (C=O) groups excluding carboxylic acids is 1. The first-order valence-corrected chi connectivity index (χ1v) is 9.22. The third-order valence-electron chi connectivity index (χ3n) is 3.59. The molecule has 0 saturated carbocycles. The second-order valence-electron chi connectivity index (χ2n) is 5.30. The normalized spacial score (nSPS) is 10.8. The Bertz CT molecular complexity index is 871. The lowest BCUT2D eigenvalue weighted by Gasteiger charge is -2.10. The van der Waals surface area contributed by atoms with E-state index in [0.717, 1.165) is 27.2 Å². The van der Waals surface area contributed by atoms with E-state index in [-0.39, 0.29) is 5.91 Å². The molecule has 124 valence electrons. The van der Waals surface area contributed by atoms with Crippen molar-refractivity contribution in [1.82, 2.24) is 14.8 Å². The summed E-state index contributed by atoms with van der Waals surface area (Å²) in [5.74, 6) is 0.528. The fraction of sp³-hybridized carbons (Fsp3) is 0.235. The van der Waals surface area contributed by atoms with Crippen molar-refractivity contribution < 1.29 is 4.79 Å². The quantitative estimate of drug-likeness (QED) is 0.690. The van der Waals surface area contributed by atoms with Crippen molar-refractivity contribution in [2.45, 2.75) is 26.8 Å². The van der Waals surface area contributed by atoms with Crippen LogP contribution in [0.3, 0.4) is 0 Å². The Labute approximate surface area is 152 Å². The molecule has 2 aromatic heterocycles. The van der Waals surface area contributed by atoms with Gasteiger partial charge in [-0.3, -0.25) is 4.79 Å². The minimum atomic E-state index is -0.140. The van der Waals surface area contributed by atoms with E-state index in [1.54, 1.807) is 16.9 Å². The van der Waals surface area contributed by atoms with Crippen molar-refractivity contribution in [1.29, 1.82) is 0 Å². The number of nitrogens with one attached hydrogen (secondary N) is 1. The molecule has 1 aromatic carbocycles. The second kappa shape index (κ2) is 7.27. The smallest absolute Gasteiger partial charge is 0.268 e. The Morgan fingerprint density at radius 1 is 1.33 bits per heavy atom. The molecule has 0 aliphatic carbocycles. The number of anilines is 1. The average molecular weight is 405 g/mol. The van der Waals surface area contributed by atoms with Gasteiger partial charge in [-0.1, -0.05) is 41.1 Å². The molecule has 2 heterocycles. The zero-order valence-corrected chi connectivity index (χ0v) is 15.8. The molecule has 1 amide bonds. The SMILES string of the molecule is CCc1nc(C)c(C(=O)Nc2ccnn2Cc2ccccc2Br)s1. The number of hydrogen-bond donors (Lipinski definition) is 1. The van der Waals surface area contributed by atoms with Gasteiger partial charge in [0.2, 0.25) is 0 Å². The van der Waals surface area contributed by atoms with Gasteiger partial charge in [-0.2, -0.15) is 5.10 Å². The number of benzene rings is 1. The summed E-state index contributed by atoms with van der Waals surface area (Å²) in [6, 6.07) is 9.76. The molecule has 24 heavy (non-hydrogen) atoms. The van der Waals surface area contributed by atoms with E-state index in [2.05, 4.69) is 31.3 Å². The van der Waals surface area contributed by atoms with Crippen molar-refractivity contribution in [3.05, 3.63) is 62.1 Å². The van der Waals surface area contributed by atoms with E-state index in [1.807, 2.05) is 38.1 Å². The van der Waals surface area contributed by atoms with E-state index in [1.165, 1.54) is 11.3 Å². The third-order valence-corrected chi connectivity index (χ3v) is 5.66. The largest absolute Gasteiger partial charge is 0.306 e. The fourth-order valence-corrected chi connectivity index (χ4v) is 3.65. The maximum Gasteiger partial charge on any atom is 0.268 e. The molecule has 7 heteroatoms. The summed E-state index contributed by atoms with van der Waals surface area (Å²) in [6.07, 6.45) is 2.52. The van der Waals surface area contributed by atoms with Crippen LogP contribution in [-0.2, 0) is 13.0 Å². The number of aryl methyl sites for hydroxylation is 2. The molecule has 5 nitrogen and oxygen atoms in total. The first-order valence-electron chi connectivity index (χ1n) is 7.61. The van der Waals surface area contributed by atoms with E-state index in [4.69, 9.17) is 0 Å². The first-order chi connectivity index (χ1) is 11.6. The number of carbonyl (C=O) groups is 1. The van der Waals surface area contributed by atoms with Gasteiger partial charge in [0.05, 0.1) is 23.4 Å². The predicted octanol–water partition coefficient (Wildman–Crippen LogP) is 4.27. The van der Waals surface area contributed by atoms with Crippen LogP contribution >= 0.6 is 27.3 Å². The van der Waals surface area contributed by atoms with Crippen LogP contribution in [-0.4, -0.2) is 20.7 Å². The zero-order valence-electron chi connectivity index (χ0n) is 13.4. The van der Waals surface area contributed by atoms with Crippen LogP contribution < -0.4 is 5.32 Å². The Morgan fingerprint density at radius 2 is 2.12 bits per heavy atom. The summed E-state index contributed by atoms with van der Waals surface area (Å²) < 4.78 is 2.79. The van der Waals surface area contributed by atoms with Crippen LogP contribution in [0.15, 0.2) is 41.0 Å². The van der Waals surface area contributed by atoms with Crippen LogP contribution in [0.1, 0.15) is 32.9 Å². The zero-order chi connectivity index (χ0) is 17.1. The van der Waals surface area contributed by atoms with Gasteiger partial charge in [0, 0.05) is 10.5 Å². The molecule has 0 spiro atoms. The van der Waals surface area contributed by atoms with Crippen LogP contribution in [0, 0.1) is 6.92 Å². The Hall–Kier alpha value is -1.99. The van der Waals surface area contributed by atoms with Crippen LogP contribution in [0.5, 0.6) is 0 Å². The summed E-state index contributed by atoms with van der Waals surface area (Å²) in [5, 5.41) is 8.23. The number of nitrogens with zero attached hydrogens (tertiary/aromatic N) is 3. The summed E-state index contributed by atoms with van der Waals surface area (Å²) >= 11 is 4.98. The summed E-state index contributed by atoms with van der Waals surface area (Å²) in [7, 11) is 0. The monoisotopic (exact) mass is 404 g/mol. The highest BCUT2D eigenvalue weighted by Gasteiger charge is 2.16. The molecular weight excluding hydrogens is 388 g/mol. The molecule has 0 radical (unpaired) electrons. The lowest BCUT2D eigenvalue weighted by Crippen LogP contribution is -2.16. The van der Waals surface area contributed by atoms with Gasteiger partial charge in [0.25, 0.3) is 5.91 Å². The summed E-state index contributed by atoms with van der Waals surface area (Å²) in [5.41, 5.74) is 1.87. The molecule has 3 aromatic rings. The molecule has 0 aliphatic rings. The molecule has 0 saturated heterocycles. The Balaban J connectivity index is 1.79. The highest BCUT2D eigenvalue weighted by Crippen LogP contribution is 2.22. The number of thiazole rings is 1. The molecule has 3 rings (SSSR count). The lowest BCUT2D eigenvalue weighted by atomic mass is 10.2. The number of aromatic nitrogens is 3. The first kappa shape index (κ1) is 16.9. The molecule has 0 unspecified atom stereocenters. The number of amides is 1. The highest BCUT2D eigenvalue weighted by molar-refractivity contribution is 9.10. The molecule has 0 atom stereocenters. The second-order valence-corrected chi connectivity index (χ2v) is 7.23. The Kier molecular flexibility index (Phi) is 5.11. The van der Waals surface area contributed by atoms with Gasteiger partial charge in [0.1, 0.15) is 10.7 Å². The lowest BCUT2D eigenvalue weighted by molar-refractivity contribution is 0.102. The minimum absolute atomic E-state index is 0.140. The van der Waals surface area contributed by atoms with Crippen LogP contribution in [0.25, 0.3) is 0 Å². The summed E-state index contributed by atoms with van der Waals surface area (Å²) in [4.78, 5) is 17.6. The minimum Gasteiger partial charge on any atom is -0.306 e. The number of hydrogen-bond acceptors (Lipinski definition) is 4. The average Bonchev–Trinajstić information content (AvgIpc) is 3.16. The molecule has 0 aliphatic heterocycles. The third kappa shape index (κ3) is 3.57. The van der Waals surface area contributed by atoms with Crippen molar-refractivity contribution >= 4 is 39.0 Å². The molecule has 1 N–H and O–H groups in total. The highest BCUT2D eigenvalue weighted by atomic mass is 79.9. The van der Waals surface area contributed by atoms with E-state index in [0.29, 0.717) is 17.2 Å². The van der Waals surface area contributed by atoms with E-state index >= 15 is 0 Å².